The lowest BCUT2D eigenvalue weighted by atomic mass is 9.75. The van der Waals surface area contributed by atoms with Gasteiger partial charge in [-0.25, -0.2) is 16.8 Å². The maximum Gasteiger partial charge on any atom is 0.325 e. The topological polar surface area (TPSA) is 182 Å². The van der Waals surface area contributed by atoms with Crippen LogP contribution < -0.4 is 0 Å². The lowest BCUT2D eigenvalue weighted by Crippen LogP contribution is -2.29. The predicted molar refractivity (Wildman–Crippen MR) is 250 cm³/mol. The van der Waals surface area contributed by atoms with E-state index < -0.39 is 26.0 Å². The molecule has 1 N–H and O–H groups in total. The first-order chi connectivity index (χ1) is 31.1. The van der Waals surface area contributed by atoms with Crippen molar-refractivity contribution in [1.82, 2.24) is 17.7 Å². The molecule has 2 fully saturated rings. The SMILES string of the molecule is CCOC(=O)Cn1c(C)c(Cc2ccccc2S(=O)(=O)N2CCCC2)c2c1CC(C)(C)CC2=O.Cc1c(Cc2ccccc2S(=O)(=O)N2CCCC2)c2c(n1CC(=O)O)CC(C)(C)CC2=O. The average molecular weight is 945 g/mol. The molecule has 2 aromatic carbocycles. The van der Waals surface area contributed by atoms with E-state index in [1.165, 1.54) is 4.31 Å². The number of ether oxygens (including phenoxy) is 1. The summed E-state index contributed by atoms with van der Waals surface area (Å²) in [7, 11) is -7.23. The molecule has 4 aromatic rings. The van der Waals surface area contributed by atoms with Gasteiger partial charge >= 0.3 is 11.9 Å². The van der Waals surface area contributed by atoms with Crippen molar-refractivity contribution in [3.8, 4) is 0 Å². The second kappa shape index (κ2) is 19.0. The number of hydrogen-bond acceptors (Lipinski definition) is 9. The Bertz CT molecular complexity index is 2790. The Balaban J connectivity index is 0.000000197. The monoisotopic (exact) mass is 944 g/mol. The van der Waals surface area contributed by atoms with E-state index in [1.54, 1.807) is 52.2 Å². The van der Waals surface area contributed by atoms with Gasteiger partial charge in [0.05, 0.1) is 16.4 Å². The van der Waals surface area contributed by atoms with E-state index in [0.717, 1.165) is 59.6 Å². The highest BCUT2D eigenvalue weighted by molar-refractivity contribution is 7.89. The molecule has 0 amide bonds. The van der Waals surface area contributed by atoms with Crippen LogP contribution in [-0.4, -0.2) is 96.0 Å². The minimum absolute atomic E-state index is 0.00151. The van der Waals surface area contributed by atoms with E-state index in [4.69, 9.17) is 4.74 Å². The van der Waals surface area contributed by atoms with Crippen LogP contribution in [0.1, 0.15) is 139 Å². The fraction of sp³-hybridized carbons (Fsp3) is 0.520. The van der Waals surface area contributed by atoms with Crippen molar-refractivity contribution < 1.29 is 45.9 Å². The summed E-state index contributed by atoms with van der Waals surface area (Å²) in [4.78, 5) is 51.0. The summed E-state index contributed by atoms with van der Waals surface area (Å²) in [6, 6.07) is 14.0. The van der Waals surface area contributed by atoms with Crippen molar-refractivity contribution >= 4 is 43.6 Å². The smallest absolute Gasteiger partial charge is 0.325 e. The zero-order valence-electron chi connectivity index (χ0n) is 39.4. The van der Waals surface area contributed by atoms with Gasteiger partial charge in [-0.1, -0.05) is 64.1 Å². The molecule has 2 saturated heterocycles. The third-order valence-electron chi connectivity index (χ3n) is 13.6. The number of carboxylic acid groups (broad SMARTS) is 1. The average Bonchev–Trinajstić information content (AvgIpc) is 4.06. The first-order valence-corrected chi connectivity index (χ1v) is 26.0. The van der Waals surface area contributed by atoms with Crippen LogP contribution in [0.15, 0.2) is 58.3 Å². The van der Waals surface area contributed by atoms with Crippen LogP contribution >= 0.6 is 0 Å². The van der Waals surface area contributed by atoms with Crippen LogP contribution in [0.3, 0.4) is 0 Å². The Hall–Kier alpha value is -4.90. The number of carbonyl (C=O) groups is 4. The second-order valence-corrected chi connectivity index (χ2v) is 23.6. The molecular weight excluding hydrogens is 881 g/mol. The number of carbonyl (C=O) groups excluding carboxylic acids is 3. The van der Waals surface area contributed by atoms with Crippen molar-refractivity contribution in [2.45, 2.75) is 136 Å². The summed E-state index contributed by atoms with van der Waals surface area (Å²) in [6.07, 6.45) is 6.13. The van der Waals surface area contributed by atoms with Crippen LogP contribution in [0.5, 0.6) is 0 Å². The highest BCUT2D eigenvalue weighted by Crippen LogP contribution is 2.42. The molecule has 14 nitrogen and oxygen atoms in total. The number of nitrogens with zero attached hydrogens (tertiary/aromatic N) is 4. The number of Topliss-reactive ketones (excluding diaryl/α,β-unsaturated/α-hetero) is 2. The molecular formula is C50H64N4O10S2. The fourth-order valence-corrected chi connectivity index (χ4v) is 13.9. The molecule has 16 heteroatoms. The number of ketones is 2. The molecule has 0 radical (unpaired) electrons. The Morgan fingerprint density at radius 2 is 1.00 bits per heavy atom. The number of sulfonamides is 2. The van der Waals surface area contributed by atoms with Gasteiger partial charge in [-0.3, -0.25) is 19.2 Å². The fourth-order valence-electron chi connectivity index (χ4n) is 10.5. The van der Waals surface area contributed by atoms with Gasteiger partial charge in [0.25, 0.3) is 0 Å². The minimum atomic E-state index is -3.62. The van der Waals surface area contributed by atoms with Crippen LogP contribution in [0, 0.1) is 24.7 Å². The van der Waals surface area contributed by atoms with Gasteiger partial charge in [0.1, 0.15) is 13.1 Å². The Kier molecular flexibility index (Phi) is 14.1. The molecule has 0 atom stereocenters. The molecule has 356 valence electrons. The molecule has 0 bridgehead atoms. The molecule has 0 unspecified atom stereocenters. The van der Waals surface area contributed by atoms with E-state index in [-0.39, 0.29) is 52.8 Å². The summed E-state index contributed by atoms with van der Waals surface area (Å²) in [5.41, 5.74) is 6.76. The van der Waals surface area contributed by atoms with Gasteiger partial charge in [0, 0.05) is 85.8 Å². The summed E-state index contributed by atoms with van der Waals surface area (Å²) >= 11 is 0. The number of carboxylic acids is 1. The third kappa shape index (κ3) is 9.88. The number of aromatic nitrogens is 2. The van der Waals surface area contributed by atoms with Crippen molar-refractivity contribution in [2.24, 2.45) is 10.8 Å². The number of fused-ring (bicyclic) bond motifs is 2. The third-order valence-corrected chi connectivity index (χ3v) is 17.6. The number of benzene rings is 2. The summed E-state index contributed by atoms with van der Waals surface area (Å²) < 4.78 is 65.2. The normalized spacial score (nSPS) is 18.4. The quantitative estimate of drug-likeness (QED) is 0.134. The van der Waals surface area contributed by atoms with Crippen molar-refractivity contribution in [3.05, 3.63) is 105 Å². The number of esters is 1. The summed E-state index contributed by atoms with van der Waals surface area (Å²) in [6.45, 7) is 15.9. The Labute approximate surface area is 389 Å². The van der Waals surface area contributed by atoms with Gasteiger partial charge in [-0.15, -0.1) is 0 Å². The van der Waals surface area contributed by atoms with E-state index in [2.05, 4.69) is 13.8 Å². The van der Waals surface area contributed by atoms with Gasteiger partial charge < -0.3 is 19.0 Å². The van der Waals surface area contributed by atoms with E-state index in [9.17, 15) is 41.1 Å². The largest absolute Gasteiger partial charge is 0.480 e. The number of rotatable bonds is 13. The zero-order chi connectivity index (χ0) is 47.9. The summed E-state index contributed by atoms with van der Waals surface area (Å²) in [5, 5.41) is 9.47. The first kappa shape index (κ1) is 49.0. The highest BCUT2D eigenvalue weighted by Gasteiger charge is 2.40. The lowest BCUT2D eigenvalue weighted by Gasteiger charge is -2.30. The number of hydrogen-bond donors (Lipinski definition) is 1. The van der Waals surface area contributed by atoms with Crippen LogP contribution in [-0.2, 0) is 73.1 Å². The molecule has 4 aliphatic rings. The maximum atomic E-state index is 13.4. The minimum Gasteiger partial charge on any atom is -0.480 e. The number of aliphatic carboxylic acids is 1. The van der Waals surface area contributed by atoms with Crippen LogP contribution in [0.4, 0.5) is 0 Å². The van der Waals surface area contributed by atoms with Crippen molar-refractivity contribution in [2.75, 3.05) is 32.8 Å². The molecule has 2 aromatic heterocycles. The predicted octanol–water partition coefficient (Wildman–Crippen LogP) is 7.30. The van der Waals surface area contributed by atoms with Gasteiger partial charge in [-0.05, 0) is 105 Å². The highest BCUT2D eigenvalue weighted by atomic mass is 32.2. The van der Waals surface area contributed by atoms with Crippen molar-refractivity contribution in [3.63, 3.8) is 0 Å². The molecule has 0 saturated carbocycles. The Morgan fingerprint density at radius 1 is 0.621 bits per heavy atom. The van der Waals surface area contributed by atoms with Gasteiger partial charge in [-0.2, -0.15) is 8.61 Å². The zero-order valence-corrected chi connectivity index (χ0v) is 41.0. The maximum absolute atomic E-state index is 13.4. The molecule has 66 heavy (non-hydrogen) atoms. The van der Waals surface area contributed by atoms with E-state index >= 15 is 0 Å². The molecule has 2 aliphatic heterocycles. The lowest BCUT2D eigenvalue weighted by molar-refractivity contribution is -0.144. The standard InChI is InChI=1S/C26H34N2O5S.C24H30N2O5S/c1-5-33-24(30)17-28-18(2)20(25-21(28)15-26(3,4)16-22(25)29)14-19-10-6-7-11-23(19)34(31,32)27-12-8-9-13-27;1-16-18(23-19(26(16)15-22(28)29)13-24(2,3)14-20(23)27)12-17-8-4-5-9-21(17)32(30,31)25-10-6-7-11-25/h6-7,10-11H,5,8-9,12-17H2,1-4H3;4-5,8-9H,6-7,10-15H2,1-3H3,(H,28,29). The van der Waals surface area contributed by atoms with E-state index in [0.29, 0.717) is 92.0 Å². The molecule has 2 aliphatic carbocycles. The van der Waals surface area contributed by atoms with Crippen LogP contribution in [0.2, 0.25) is 0 Å². The Morgan fingerprint density at radius 3 is 1.38 bits per heavy atom. The first-order valence-electron chi connectivity index (χ1n) is 23.1. The van der Waals surface area contributed by atoms with Gasteiger partial charge in [0.2, 0.25) is 20.0 Å². The molecule has 0 spiro atoms. The molecule has 4 heterocycles. The van der Waals surface area contributed by atoms with E-state index in [1.807, 2.05) is 44.4 Å². The van der Waals surface area contributed by atoms with Gasteiger partial charge in [0.15, 0.2) is 11.6 Å². The van der Waals surface area contributed by atoms with Crippen LogP contribution in [0.25, 0.3) is 0 Å². The second-order valence-electron chi connectivity index (χ2n) is 19.8. The molecule has 8 rings (SSSR count). The summed E-state index contributed by atoms with van der Waals surface area (Å²) in [5.74, 6) is -1.27. The van der Waals surface area contributed by atoms with Crippen molar-refractivity contribution in [1.29, 1.82) is 0 Å².